The average molecular weight is 306 g/mol. The minimum Gasteiger partial charge on any atom is -0.393 e. The van der Waals surface area contributed by atoms with Crippen LogP contribution in [-0.4, -0.2) is 44.8 Å². The SMILES string of the molecule is C[C@]12CCC3C(CC[C@]45O[C@H]4[C@@H](O)C=C[C@]35O)C1CCC2O. The van der Waals surface area contributed by atoms with Crippen LogP contribution in [0.1, 0.15) is 45.4 Å². The van der Waals surface area contributed by atoms with Crippen molar-refractivity contribution in [2.75, 3.05) is 0 Å². The number of epoxide rings is 1. The van der Waals surface area contributed by atoms with Crippen LogP contribution in [-0.2, 0) is 4.74 Å². The van der Waals surface area contributed by atoms with Crippen molar-refractivity contribution in [1.82, 2.24) is 0 Å². The molecule has 4 nitrogen and oxygen atoms in total. The predicted molar refractivity (Wildman–Crippen MR) is 80.0 cm³/mol. The van der Waals surface area contributed by atoms with Crippen LogP contribution < -0.4 is 0 Å². The average Bonchev–Trinajstić information content (AvgIpc) is 3.17. The van der Waals surface area contributed by atoms with Gasteiger partial charge in [-0.05, 0) is 61.7 Å². The first kappa shape index (κ1) is 14.0. The predicted octanol–water partition coefficient (Wildman–Crippen LogP) is 1.38. The van der Waals surface area contributed by atoms with Gasteiger partial charge in [0.1, 0.15) is 23.4 Å². The third-order valence-electron chi connectivity index (χ3n) is 8.08. The van der Waals surface area contributed by atoms with Gasteiger partial charge in [0, 0.05) is 0 Å². The largest absolute Gasteiger partial charge is 0.393 e. The highest BCUT2D eigenvalue weighted by Gasteiger charge is 2.76. The molecule has 5 rings (SSSR count). The molecule has 0 amide bonds. The van der Waals surface area contributed by atoms with E-state index in [4.69, 9.17) is 4.74 Å². The summed E-state index contributed by atoms with van der Waals surface area (Å²) < 4.78 is 5.88. The molecule has 4 aliphatic carbocycles. The highest BCUT2D eigenvalue weighted by molar-refractivity contribution is 5.35. The van der Waals surface area contributed by atoms with E-state index >= 15 is 0 Å². The van der Waals surface area contributed by atoms with E-state index in [1.54, 1.807) is 6.08 Å². The molecule has 1 aliphatic heterocycles. The Morgan fingerprint density at radius 1 is 1.05 bits per heavy atom. The second-order valence-corrected chi connectivity index (χ2v) is 8.66. The first-order chi connectivity index (χ1) is 10.4. The fourth-order valence-corrected chi connectivity index (χ4v) is 6.78. The second-order valence-electron chi connectivity index (χ2n) is 8.66. The molecular weight excluding hydrogens is 280 g/mol. The maximum absolute atomic E-state index is 11.5. The molecule has 5 aliphatic rings. The lowest BCUT2D eigenvalue weighted by Gasteiger charge is -2.57. The normalized spacial score (nSPS) is 65.3. The molecule has 1 saturated heterocycles. The lowest BCUT2D eigenvalue weighted by Crippen LogP contribution is -2.62. The Morgan fingerprint density at radius 3 is 2.68 bits per heavy atom. The van der Waals surface area contributed by atoms with Crippen LogP contribution in [0, 0.1) is 23.2 Å². The summed E-state index contributed by atoms with van der Waals surface area (Å²) in [4.78, 5) is 0. The molecule has 3 N–H and O–H groups in total. The van der Waals surface area contributed by atoms with E-state index in [2.05, 4.69) is 6.92 Å². The number of hydrogen-bond donors (Lipinski definition) is 3. The molecule has 122 valence electrons. The second kappa shape index (κ2) is 3.97. The van der Waals surface area contributed by atoms with Crippen molar-refractivity contribution in [2.45, 2.75) is 75.0 Å². The summed E-state index contributed by atoms with van der Waals surface area (Å²) in [5.74, 6) is 1.19. The molecule has 1 heterocycles. The van der Waals surface area contributed by atoms with Gasteiger partial charge in [-0.15, -0.1) is 0 Å². The van der Waals surface area contributed by atoms with Crippen LogP contribution in [0.4, 0.5) is 0 Å². The maximum atomic E-state index is 11.5. The Kier molecular flexibility index (Phi) is 2.52. The first-order valence-corrected chi connectivity index (χ1v) is 8.88. The van der Waals surface area contributed by atoms with Crippen LogP contribution in [0.5, 0.6) is 0 Å². The van der Waals surface area contributed by atoms with Gasteiger partial charge in [0.05, 0.1) is 6.10 Å². The number of hydrogen-bond acceptors (Lipinski definition) is 4. The van der Waals surface area contributed by atoms with E-state index in [1.165, 1.54) is 0 Å². The molecule has 1 spiro atoms. The fraction of sp³-hybridized carbons (Fsp3) is 0.889. The lowest BCUT2D eigenvalue weighted by molar-refractivity contribution is -0.150. The molecule has 0 radical (unpaired) electrons. The molecule has 0 aromatic heterocycles. The molecule has 9 atom stereocenters. The summed E-state index contributed by atoms with van der Waals surface area (Å²) in [7, 11) is 0. The monoisotopic (exact) mass is 306 g/mol. The van der Waals surface area contributed by atoms with Gasteiger partial charge in [0.15, 0.2) is 0 Å². The van der Waals surface area contributed by atoms with Crippen LogP contribution in [0.15, 0.2) is 12.2 Å². The smallest absolute Gasteiger partial charge is 0.130 e. The zero-order valence-electron chi connectivity index (χ0n) is 13.1. The summed E-state index contributed by atoms with van der Waals surface area (Å²) in [5.41, 5.74) is -1.42. The van der Waals surface area contributed by atoms with Gasteiger partial charge in [-0.25, -0.2) is 0 Å². The zero-order valence-corrected chi connectivity index (χ0v) is 13.1. The van der Waals surface area contributed by atoms with Crippen LogP contribution >= 0.6 is 0 Å². The summed E-state index contributed by atoms with van der Waals surface area (Å²) >= 11 is 0. The molecule has 0 bridgehead atoms. The number of aliphatic hydroxyl groups excluding tert-OH is 2. The standard InChI is InChI=1S/C18H26O4/c1-16-7-5-12-10(11(16)2-3-14(16)20)4-9-18-15(22-18)13(19)6-8-17(12,18)21/h6,8,10-15,19-21H,2-5,7,9H2,1H3/t10?,11?,12?,13-,14?,15-,16-,17-,18-/m0/s1. The Hall–Kier alpha value is -0.420. The van der Waals surface area contributed by atoms with E-state index in [0.717, 1.165) is 38.5 Å². The third-order valence-corrected chi connectivity index (χ3v) is 8.08. The van der Waals surface area contributed by atoms with Gasteiger partial charge in [-0.3, -0.25) is 0 Å². The van der Waals surface area contributed by atoms with E-state index in [-0.39, 0.29) is 23.5 Å². The van der Waals surface area contributed by atoms with Crippen molar-refractivity contribution >= 4 is 0 Å². The Balaban J connectivity index is 1.54. The molecule has 0 aromatic rings. The highest BCUT2D eigenvalue weighted by atomic mass is 16.6. The van der Waals surface area contributed by atoms with Crippen LogP contribution in [0.2, 0.25) is 0 Å². The van der Waals surface area contributed by atoms with Crippen molar-refractivity contribution in [3.63, 3.8) is 0 Å². The van der Waals surface area contributed by atoms with Gasteiger partial charge in [-0.2, -0.15) is 0 Å². The van der Waals surface area contributed by atoms with Gasteiger partial charge < -0.3 is 20.1 Å². The fourth-order valence-electron chi connectivity index (χ4n) is 6.78. The summed E-state index contributed by atoms with van der Waals surface area (Å²) in [6.45, 7) is 2.25. The van der Waals surface area contributed by atoms with Gasteiger partial charge >= 0.3 is 0 Å². The molecule has 22 heavy (non-hydrogen) atoms. The lowest BCUT2D eigenvalue weighted by atomic mass is 9.49. The Labute approximate surface area is 131 Å². The van der Waals surface area contributed by atoms with Crippen molar-refractivity contribution in [3.8, 4) is 0 Å². The number of ether oxygens (including phenoxy) is 1. The molecule has 4 heteroatoms. The number of fused-ring (bicyclic) bond motifs is 4. The minimum atomic E-state index is -0.922. The van der Waals surface area contributed by atoms with E-state index in [9.17, 15) is 15.3 Å². The third kappa shape index (κ3) is 1.36. The van der Waals surface area contributed by atoms with E-state index in [0.29, 0.717) is 11.8 Å². The first-order valence-electron chi connectivity index (χ1n) is 8.88. The van der Waals surface area contributed by atoms with Crippen molar-refractivity contribution in [2.24, 2.45) is 23.2 Å². The topological polar surface area (TPSA) is 73.2 Å². The summed E-state index contributed by atoms with van der Waals surface area (Å²) in [6, 6.07) is 0. The van der Waals surface area contributed by atoms with Crippen molar-refractivity contribution in [3.05, 3.63) is 12.2 Å². The molecular formula is C18H26O4. The van der Waals surface area contributed by atoms with E-state index in [1.807, 2.05) is 6.08 Å². The van der Waals surface area contributed by atoms with Crippen LogP contribution in [0.25, 0.3) is 0 Å². The van der Waals surface area contributed by atoms with Crippen LogP contribution in [0.3, 0.4) is 0 Å². The molecule has 4 unspecified atom stereocenters. The number of aliphatic hydroxyl groups is 3. The maximum Gasteiger partial charge on any atom is 0.130 e. The van der Waals surface area contributed by atoms with Gasteiger partial charge in [0.25, 0.3) is 0 Å². The minimum absolute atomic E-state index is 0.0315. The quantitative estimate of drug-likeness (QED) is 0.467. The molecule has 4 fully saturated rings. The van der Waals surface area contributed by atoms with Crippen molar-refractivity contribution in [1.29, 1.82) is 0 Å². The van der Waals surface area contributed by atoms with Gasteiger partial charge in [-0.1, -0.05) is 19.1 Å². The zero-order chi connectivity index (χ0) is 15.3. The van der Waals surface area contributed by atoms with Crippen molar-refractivity contribution < 1.29 is 20.1 Å². The Morgan fingerprint density at radius 2 is 1.86 bits per heavy atom. The summed E-state index contributed by atoms with van der Waals surface area (Å²) in [5, 5.41) is 32.0. The summed E-state index contributed by atoms with van der Waals surface area (Å²) in [6.07, 6.45) is 8.41. The van der Waals surface area contributed by atoms with Gasteiger partial charge in [0.2, 0.25) is 0 Å². The highest BCUT2D eigenvalue weighted by Crippen LogP contribution is 2.68. The molecule has 0 aromatic carbocycles. The Bertz CT molecular complexity index is 547. The number of rotatable bonds is 0. The van der Waals surface area contributed by atoms with E-state index < -0.39 is 17.3 Å². The molecule has 3 saturated carbocycles.